The van der Waals surface area contributed by atoms with Crippen LogP contribution in [0.15, 0.2) is 29.4 Å². The van der Waals surface area contributed by atoms with Crippen molar-refractivity contribution >= 4 is 29.9 Å². The van der Waals surface area contributed by atoms with Gasteiger partial charge in [-0.3, -0.25) is 4.98 Å². The number of aliphatic hydroxyl groups excluding tert-OH is 1. The zero-order valence-corrected chi connectivity index (χ0v) is 14.1. The Kier molecular flexibility index (Phi) is 7.22. The van der Waals surface area contributed by atoms with Gasteiger partial charge in [0, 0.05) is 24.7 Å². The molecule has 1 heterocycles. The molecule has 1 aliphatic rings. The van der Waals surface area contributed by atoms with Crippen molar-refractivity contribution in [2.24, 2.45) is 10.4 Å². The summed E-state index contributed by atoms with van der Waals surface area (Å²) < 4.78 is 0. The highest BCUT2D eigenvalue weighted by atomic mass is 127. The van der Waals surface area contributed by atoms with E-state index in [9.17, 15) is 5.11 Å². The van der Waals surface area contributed by atoms with Crippen LogP contribution in [0, 0.1) is 5.41 Å². The van der Waals surface area contributed by atoms with Gasteiger partial charge in [-0.2, -0.15) is 0 Å². The molecule has 0 amide bonds. The monoisotopic (exact) mass is 390 g/mol. The number of hydrogen-bond acceptors (Lipinski definition) is 3. The van der Waals surface area contributed by atoms with Crippen molar-refractivity contribution in [3.8, 4) is 0 Å². The minimum absolute atomic E-state index is 0. The average molecular weight is 390 g/mol. The van der Waals surface area contributed by atoms with Crippen LogP contribution >= 0.6 is 24.0 Å². The highest BCUT2D eigenvalue weighted by Crippen LogP contribution is 2.44. The molecule has 0 spiro atoms. The minimum Gasteiger partial charge on any atom is -0.396 e. The summed E-state index contributed by atoms with van der Waals surface area (Å²) in [5.74, 6) is 0.785. The van der Waals surface area contributed by atoms with Crippen LogP contribution in [-0.4, -0.2) is 35.7 Å². The fourth-order valence-electron chi connectivity index (χ4n) is 1.83. The molecule has 5 nitrogen and oxygen atoms in total. The topological polar surface area (TPSA) is 69.5 Å². The number of aliphatic hydroxyl groups is 1. The van der Waals surface area contributed by atoms with Crippen molar-refractivity contribution in [1.82, 2.24) is 15.6 Å². The second kappa shape index (κ2) is 8.41. The third-order valence-corrected chi connectivity index (χ3v) is 3.39. The Morgan fingerprint density at radius 3 is 2.75 bits per heavy atom. The predicted molar refractivity (Wildman–Crippen MR) is 91.2 cm³/mol. The van der Waals surface area contributed by atoms with Gasteiger partial charge in [0.2, 0.25) is 0 Å². The summed E-state index contributed by atoms with van der Waals surface area (Å²) in [6.07, 6.45) is 3.96. The van der Waals surface area contributed by atoms with E-state index in [0.717, 1.165) is 37.6 Å². The fraction of sp³-hybridized carbons (Fsp3) is 0.571. The Balaban J connectivity index is 0.00000200. The van der Waals surface area contributed by atoms with E-state index in [1.807, 2.05) is 25.1 Å². The second-order valence-corrected chi connectivity index (χ2v) is 5.03. The first kappa shape index (κ1) is 17.2. The Morgan fingerprint density at radius 2 is 2.20 bits per heavy atom. The number of halogens is 1. The normalized spacial score (nSPS) is 16.2. The summed E-state index contributed by atoms with van der Waals surface area (Å²) in [5, 5.41) is 15.8. The molecule has 1 fully saturated rings. The molecule has 0 aliphatic heterocycles. The maximum absolute atomic E-state index is 9.30. The SMILES string of the molecule is CCNC(=NCc1ccccn1)NCC1(CO)CC1.I. The first-order chi connectivity index (χ1) is 9.28. The molecule has 3 N–H and O–H groups in total. The van der Waals surface area contributed by atoms with Crippen molar-refractivity contribution in [3.05, 3.63) is 30.1 Å². The summed E-state index contributed by atoms with van der Waals surface area (Å²) in [4.78, 5) is 8.74. The zero-order valence-electron chi connectivity index (χ0n) is 11.8. The van der Waals surface area contributed by atoms with Crippen LogP contribution in [-0.2, 0) is 6.54 Å². The predicted octanol–water partition coefficient (Wildman–Crippen LogP) is 1.53. The van der Waals surface area contributed by atoms with Gasteiger partial charge in [-0.1, -0.05) is 6.07 Å². The van der Waals surface area contributed by atoms with Crippen LogP contribution in [0.5, 0.6) is 0 Å². The van der Waals surface area contributed by atoms with Crippen LogP contribution in [0.3, 0.4) is 0 Å². The van der Waals surface area contributed by atoms with E-state index >= 15 is 0 Å². The molecule has 6 heteroatoms. The van der Waals surface area contributed by atoms with Crippen LogP contribution in [0.4, 0.5) is 0 Å². The Bertz CT molecular complexity index is 420. The molecule has 1 aromatic heterocycles. The molecular formula is C14H23IN4O. The van der Waals surface area contributed by atoms with Crippen LogP contribution in [0.2, 0.25) is 0 Å². The third kappa shape index (κ3) is 5.24. The average Bonchev–Trinajstić information content (AvgIpc) is 3.24. The molecule has 20 heavy (non-hydrogen) atoms. The quantitative estimate of drug-likeness (QED) is 0.392. The molecular weight excluding hydrogens is 367 g/mol. The standard InChI is InChI=1S/C14H22N4O.HI/c1-2-15-13(18-10-14(11-19)6-7-14)17-9-12-5-3-4-8-16-12;/h3-5,8,19H,2,6-7,9-11H2,1H3,(H2,15,17,18);1H. The molecule has 1 aromatic rings. The van der Waals surface area contributed by atoms with Crippen LogP contribution in [0.1, 0.15) is 25.5 Å². The van der Waals surface area contributed by atoms with Gasteiger partial charge in [0.15, 0.2) is 5.96 Å². The molecule has 1 aliphatic carbocycles. The molecule has 0 radical (unpaired) electrons. The van der Waals surface area contributed by atoms with Gasteiger partial charge in [-0.15, -0.1) is 24.0 Å². The first-order valence-corrected chi connectivity index (χ1v) is 6.81. The number of nitrogens with one attached hydrogen (secondary N) is 2. The van der Waals surface area contributed by atoms with E-state index in [1.165, 1.54) is 0 Å². The molecule has 0 unspecified atom stereocenters. The number of nitrogens with zero attached hydrogens (tertiary/aromatic N) is 2. The second-order valence-electron chi connectivity index (χ2n) is 5.03. The summed E-state index contributed by atoms with van der Waals surface area (Å²) in [5.41, 5.74) is 1.03. The number of aliphatic imine (C=N–C) groups is 1. The maximum Gasteiger partial charge on any atom is 0.191 e. The van der Waals surface area contributed by atoms with E-state index in [1.54, 1.807) is 6.20 Å². The van der Waals surface area contributed by atoms with Gasteiger partial charge in [-0.05, 0) is 31.9 Å². The zero-order chi connectivity index (χ0) is 13.6. The lowest BCUT2D eigenvalue weighted by Gasteiger charge is -2.16. The van der Waals surface area contributed by atoms with Crippen LogP contribution < -0.4 is 10.6 Å². The molecule has 0 aromatic carbocycles. The van der Waals surface area contributed by atoms with Crippen molar-refractivity contribution in [1.29, 1.82) is 0 Å². The van der Waals surface area contributed by atoms with E-state index in [-0.39, 0.29) is 36.0 Å². The summed E-state index contributed by atoms with van der Waals surface area (Å²) in [6, 6.07) is 5.82. The molecule has 2 rings (SSSR count). The van der Waals surface area contributed by atoms with Gasteiger partial charge in [0.25, 0.3) is 0 Å². The summed E-state index contributed by atoms with van der Waals surface area (Å²) in [7, 11) is 0. The number of hydrogen-bond donors (Lipinski definition) is 3. The van der Waals surface area contributed by atoms with Crippen molar-refractivity contribution in [3.63, 3.8) is 0 Å². The van der Waals surface area contributed by atoms with E-state index in [2.05, 4.69) is 20.6 Å². The summed E-state index contributed by atoms with van der Waals surface area (Å²) >= 11 is 0. The molecule has 0 saturated heterocycles. The van der Waals surface area contributed by atoms with Gasteiger partial charge in [0.1, 0.15) is 0 Å². The molecule has 0 bridgehead atoms. The fourth-order valence-corrected chi connectivity index (χ4v) is 1.83. The number of pyridine rings is 1. The Labute approximate surface area is 137 Å². The van der Waals surface area contributed by atoms with E-state index < -0.39 is 0 Å². The van der Waals surface area contributed by atoms with Gasteiger partial charge in [0.05, 0.1) is 18.8 Å². The highest BCUT2D eigenvalue weighted by Gasteiger charge is 2.41. The molecule has 0 atom stereocenters. The number of guanidine groups is 1. The largest absolute Gasteiger partial charge is 0.396 e. The highest BCUT2D eigenvalue weighted by molar-refractivity contribution is 14.0. The lowest BCUT2D eigenvalue weighted by Crippen LogP contribution is -2.41. The van der Waals surface area contributed by atoms with E-state index in [4.69, 9.17) is 0 Å². The van der Waals surface area contributed by atoms with Crippen molar-refractivity contribution < 1.29 is 5.11 Å². The van der Waals surface area contributed by atoms with E-state index in [0.29, 0.717) is 6.54 Å². The third-order valence-electron chi connectivity index (χ3n) is 3.39. The Morgan fingerprint density at radius 1 is 1.40 bits per heavy atom. The van der Waals surface area contributed by atoms with Gasteiger partial charge >= 0.3 is 0 Å². The number of rotatable bonds is 6. The van der Waals surface area contributed by atoms with Gasteiger partial charge in [-0.25, -0.2) is 4.99 Å². The Hall–Kier alpha value is -0.890. The number of aromatic nitrogens is 1. The van der Waals surface area contributed by atoms with Crippen molar-refractivity contribution in [2.45, 2.75) is 26.3 Å². The smallest absolute Gasteiger partial charge is 0.191 e. The maximum atomic E-state index is 9.30. The van der Waals surface area contributed by atoms with Gasteiger partial charge < -0.3 is 15.7 Å². The lowest BCUT2D eigenvalue weighted by atomic mass is 10.1. The summed E-state index contributed by atoms with van der Waals surface area (Å²) in [6.45, 7) is 4.44. The molecule has 112 valence electrons. The lowest BCUT2D eigenvalue weighted by molar-refractivity contribution is 0.212. The first-order valence-electron chi connectivity index (χ1n) is 6.81. The molecule has 1 saturated carbocycles. The van der Waals surface area contributed by atoms with Crippen molar-refractivity contribution in [2.75, 3.05) is 19.7 Å². The van der Waals surface area contributed by atoms with Crippen LogP contribution in [0.25, 0.3) is 0 Å². The minimum atomic E-state index is 0.